The Labute approximate surface area is 179 Å². The molecule has 2 aromatic heterocycles. The molecule has 0 radical (unpaired) electrons. The summed E-state index contributed by atoms with van der Waals surface area (Å²) < 4.78 is 10.9. The molecule has 1 fully saturated rings. The van der Waals surface area contributed by atoms with Crippen LogP contribution in [-0.2, 0) is 4.74 Å². The maximum atomic E-state index is 12.1. The fraction of sp³-hybridized carbons (Fsp3) is 0.381. The van der Waals surface area contributed by atoms with Gasteiger partial charge in [-0.3, -0.25) is 4.90 Å². The third-order valence-corrected chi connectivity index (χ3v) is 5.26. The third kappa shape index (κ3) is 4.19. The summed E-state index contributed by atoms with van der Waals surface area (Å²) in [5, 5.41) is 21.3. The Kier molecular flexibility index (Phi) is 5.55. The predicted octanol–water partition coefficient (Wildman–Crippen LogP) is 3.02. The van der Waals surface area contributed by atoms with Crippen molar-refractivity contribution in [3.8, 4) is 11.5 Å². The second kappa shape index (κ2) is 8.31. The van der Waals surface area contributed by atoms with E-state index < -0.39 is 18.2 Å². The Bertz CT molecular complexity index is 1100. The Hall–Kier alpha value is -3.53. The highest BCUT2D eigenvalue weighted by atomic mass is 16.6. The van der Waals surface area contributed by atoms with Gasteiger partial charge in [0, 0.05) is 11.8 Å². The number of benzene rings is 1. The van der Waals surface area contributed by atoms with Gasteiger partial charge < -0.3 is 19.6 Å². The fourth-order valence-electron chi connectivity index (χ4n) is 3.26. The lowest BCUT2D eigenvalue weighted by atomic mass is 10.1. The molecular weight excluding hydrogens is 400 g/mol. The fourth-order valence-corrected chi connectivity index (χ4v) is 3.26. The van der Waals surface area contributed by atoms with E-state index in [-0.39, 0.29) is 18.6 Å². The van der Waals surface area contributed by atoms with E-state index >= 15 is 0 Å². The van der Waals surface area contributed by atoms with Gasteiger partial charge in [-0.1, -0.05) is 6.07 Å². The molecule has 1 amide bonds. The van der Waals surface area contributed by atoms with E-state index in [1.807, 2.05) is 39.0 Å². The highest BCUT2D eigenvalue weighted by Gasteiger charge is 2.38. The van der Waals surface area contributed by atoms with Crippen LogP contribution in [0.2, 0.25) is 0 Å². The number of hydrogen-bond acceptors (Lipinski definition) is 9. The van der Waals surface area contributed by atoms with Crippen LogP contribution in [0, 0.1) is 13.8 Å². The maximum absolute atomic E-state index is 12.1. The largest absolute Gasteiger partial charge is 0.447 e. The summed E-state index contributed by atoms with van der Waals surface area (Å²) >= 11 is 0. The second-order valence-electron chi connectivity index (χ2n) is 7.60. The first kappa shape index (κ1) is 20.7. The summed E-state index contributed by atoms with van der Waals surface area (Å²) in [4.78, 5) is 22.0. The normalized spacial score (nSPS) is 18.0. The van der Waals surface area contributed by atoms with Crippen LogP contribution < -0.4 is 10.2 Å². The van der Waals surface area contributed by atoms with Crippen molar-refractivity contribution in [1.29, 1.82) is 0 Å². The van der Waals surface area contributed by atoms with Crippen molar-refractivity contribution >= 4 is 17.9 Å². The number of nitrogens with zero attached hydrogens (tertiary/aromatic N) is 5. The van der Waals surface area contributed by atoms with E-state index in [0.717, 1.165) is 11.1 Å². The second-order valence-corrected chi connectivity index (χ2v) is 7.60. The van der Waals surface area contributed by atoms with Gasteiger partial charge in [0.2, 0.25) is 17.7 Å². The van der Waals surface area contributed by atoms with E-state index in [1.54, 1.807) is 13.0 Å². The van der Waals surface area contributed by atoms with Gasteiger partial charge in [0.1, 0.15) is 24.5 Å². The van der Waals surface area contributed by atoms with Gasteiger partial charge in [-0.2, -0.15) is 4.98 Å². The van der Waals surface area contributed by atoms with Crippen molar-refractivity contribution in [2.45, 2.75) is 45.9 Å². The van der Waals surface area contributed by atoms with E-state index in [4.69, 9.17) is 9.15 Å². The van der Waals surface area contributed by atoms with Crippen LogP contribution >= 0.6 is 0 Å². The number of rotatable bonds is 6. The minimum absolute atomic E-state index is 0.100. The van der Waals surface area contributed by atoms with Crippen LogP contribution in [0.15, 0.2) is 34.9 Å². The molecule has 0 aliphatic carbocycles. The summed E-state index contributed by atoms with van der Waals surface area (Å²) in [5.74, 6) is 1.42. The highest BCUT2D eigenvalue weighted by Crippen LogP contribution is 2.26. The van der Waals surface area contributed by atoms with Crippen molar-refractivity contribution in [1.82, 2.24) is 20.2 Å². The molecule has 10 nitrogen and oxygen atoms in total. The molecular formula is C21H24N6O4. The number of cyclic esters (lactones) is 1. The Morgan fingerprint density at radius 3 is 2.74 bits per heavy atom. The number of ether oxygens (including phenoxy) is 1. The van der Waals surface area contributed by atoms with Crippen LogP contribution in [0.5, 0.6) is 0 Å². The quantitative estimate of drug-likeness (QED) is 0.614. The molecule has 3 heterocycles. The number of anilines is 2. The number of amides is 1. The monoisotopic (exact) mass is 424 g/mol. The average Bonchev–Trinajstić information content (AvgIpc) is 3.37. The summed E-state index contributed by atoms with van der Waals surface area (Å²) in [7, 11) is 0. The lowest BCUT2D eigenvalue weighted by Crippen LogP contribution is -2.41. The zero-order chi connectivity index (χ0) is 22.1. The molecule has 1 aliphatic rings. The van der Waals surface area contributed by atoms with Gasteiger partial charge >= 0.3 is 6.09 Å². The first-order valence-electron chi connectivity index (χ1n) is 9.98. The van der Waals surface area contributed by atoms with Crippen molar-refractivity contribution < 1.29 is 19.1 Å². The van der Waals surface area contributed by atoms with Crippen LogP contribution in [-0.4, -0.2) is 50.1 Å². The molecule has 162 valence electrons. The molecule has 0 saturated carbocycles. The SMILES string of the molecule is Cc1ccc(-c2nnc([C@H](C)Nc3nccc(N4C(=O)OC[C@@H]4[C@@H](C)O)n3)o2)cc1C. The Morgan fingerprint density at radius 1 is 1.19 bits per heavy atom. The van der Waals surface area contributed by atoms with Crippen molar-refractivity contribution in [2.75, 3.05) is 16.8 Å². The molecule has 1 aromatic carbocycles. The molecule has 1 saturated heterocycles. The smallest absolute Gasteiger partial charge is 0.416 e. The van der Waals surface area contributed by atoms with Gasteiger partial charge in [0.05, 0.1) is 6.10 Å². The number of carbonyl (C=O) groups is 1. The van der Waals surface area contributed by atoms with E-state index in [9.17, 15) is 9.90 Å². The van der Waals surface area contributed by atoms with Gasteiger partial charge in [-0.05, 0) is 57.0 Å². The molecule has 1 aliphatic heterocycles. The predicted molar refractivity (Wildman–Crippen MR) is 113 cm³/mol. The maximum Gasteiger partial charge on any atom is 0.416 e. The lowest BCUT2D eigenvalue weighted by molar-refractivity contribution is 0.142. The number of hydrogen-bond donors (Lipinski definition) is 2. The molecule has 3 aromatic rings. The van der Waals surface area contributed by atoms with Gasteiger partial charge in [-0.25, -0.2) is 9.78 Å². The standard InChI is InChI=1S/C21H24N6O4/c1-11-5-6-15(9-12(11)2)19-26-25-18(31-19)13(3)23-20-22-8-7-17(24-20)27-16(14(4)28)10-30-21(27)29/h5-9,13-14,16,28H,10H2,1-4H3,(H,22,23,24)/t13-,14+,16+/m0/s1. The molecule has 10 heteroatoms. The lowest BCUT2D eigenvalue weighted by Gasteiger charge is -2.22. The summed E-state index contributed by atoms with van der Waals surface area (Å²) in [5.41, 5.74) is 3.18. The number of aliphatic hydroxyl groups excluding tert-OH is 1. The first-order valence-corrected chi connectivity index (χ1v) is 9.98. The number of aliphatic hydroxyl groups is 1. The van der Waals surface area contributed by atoms with Crippen molar-refractivity contribution in [3.05, 3.63) is 47.5 Å². The zero-order valence-corrected chi connectivity index (χ0v) is 17.7. The van der Waals surface area contributed by atoms with Crippen LogP contribution in [0.1, 0.15) is 36.9 Å². The Morgan fingerprint density at radius 2 is 2.00 bits per heavy atom. The number of aromatic nitrogens is 4. The minimum Gasteiger partial charge on any atom is -0.447 e. The molecule has 0 spiro atoms. The molecule has 2 N–H and O–H groups in total. The number of carbonyl (C=O) groups excluding carboxylic acids is 1. The summed E-state index contributed by atoms with van der Waals surface area (Å²) in [6.07, 6.45) is 0.202. The van der Waals surface area contributed by atoms with Crippen molar-refractivity contribution in [3.63, 3.8) is 0 Å². The third-order valence-electron chi connectivity index (χ3n) is 5.26. The molecule has 4 rings (SSSR count). The van der Waals surface area contributed by atoms with Crippen molar-refractivity contribution in [2.24, 2.45) is 0 Å². The highest BCUT2D eigenvalue weighted by molar-refractivity contribution is 5.89. The number of aryl methyl sites for hydroxylation is 2. The van der Waals surface area contributed by atoms with Crippen LogP contribution in [0.25, 0.3) is 11.5 Å². The average molecular weight is 424 g/mol. The molecule has 0 bridgehead atoms. The van der Waals surface area contributed by atoms with Gasteiger partial charge in [0.25, 0.3) is 0 Å². The van der Waals surface area contributed by atoms with E-state index in [1.165, 1.54) is 16.7 Å². The Balaban J connectivity index is 1.51. The van der Waals surface area contributed by atoms with Gasteiger partial charge in [-0.15, -0.1) is 10.2 Å². The van der Waals surface area contributed by atoms with Crippen LogP contribution in [0.4, 0.5) is 16.6 Å². The minimum atomic E-state index is -0.765. The van der Waals surface area contributed by atoms with E-state index in [0.29, 0.717) is 17.6 Å². The first-order chi connectivity index (χ1) is 14.8. The molecule has 3 atom stereocenters. The summed E-state index contributed by atoms with van der Waals surface area (Å²) in [6.45, 7) is 7.62. The summed E-state index contributed by atoms with van der Waals surface area (Å²) in [6, 6.07) is 6.66. The van der Waals surface area contributed by atoms with Gasteiger partial charge in [0.15, 0.2) is 0 Å². The van der Waals surface area contributed by atoms with Crippen LogP contribution in [0.3, 0.4) is 0 Å². The molecule has 31 heavy (non-hydrogen) atoms. The zero-order valence-electron chi connectivity index (χ0n) is 17.7. The topological polar surface area (TPSA) is 127 Å². The number of nitrogens with one attached hydrogen (secondary N) is 1. The molecule has 0 unspecified atom stereocenters. The van der Waals surface area contributed by atoms with E-state index in [2.05, 4.69) is 25.5 Å².